The molecule has 1 amide bonds. The third kappa shape index (κ3) is 3.83. The van der Waals surface area contributed by atoms with Crippen LogP contribution in [-0.2, 0) is 31.3 Å². The quantitative estimate of drug-likeness (QED) is 0.774. The third-order valence-electron chi connectivity index (χ3n) is 4.00. The average molecular weight is 415 g/mol. The molecule has 1 aliphatic rings. The molecule has 1 aliphatic heterocycles. The van der Waals surface area contributed by atoms with Crippen LogP contribution in [0.1, 0.15) is 16.9 Å². The molecule has 3 rings (SSSR count). The number of carbonyl (C=O) groups excluding carboxylic acids is 1. The first kappa shape index (κ1) is 19.0. The first-order valence-electron chi connectivity index (χ1n) is 7.89. The lowest BCUT2D eigenvalue weighted by Crippen LogP contribution is -2.30. The SMILES string of the molecule is Cc1cc(N2C(=O)CCS2(=O)=O)ccc1S(=O)(=O)NCCc1cccs1. The Hall–Kier alpha value is -1.75. The first-order valence-corrected chi connectivity index (χ1v) is 11.9. The van der Waals surface area contributed by atoms with Gasteiger partial charge in [-0.05, 0) is 48.6 Å². The second-order valence-corrected chi connectivity index (χ2v) is 10.6. The zero-order valence-corrected chi connectivity index (χ0v) is 16.5. The summed E-state index contributed by atoms with van der Waals surface area (Å²) in [4.78, 5) is 13.0. The van der Waals surface area contributed by atoms with E-state index in [1.807, 2.05) is 17.5 Å². The Labute approximate surface area is 156 Å². The summed E-state index contributed by atoms with van der Waals surface area (Å²) in [6, 6.07) is 7.94. The number of thiophene rings is 1. The van der Waals surface area contributed by atoms with Crippen molar-refractivity contribution in [3.8, 4) is 0 Å². The van der Waals surface area contributed by atoms with Crippen LogP contribution in [0.5, 0.6) is 0 Å². The molecule has 2 heterocycles. The number of carbonyl (C=O) groups is 1. The Kier molecular flexibility index (Phi) is 5.20. The van der Waals surface area contributed by atoms with Crippen LogP contribution in [-0.4, -0.2) is 35.0 Å². The molecule has 0 saturated carbocycles. The molecule has 0 bridgehead atoms. The summed E-state index contributed by atoms with van der Waals surface area (Å²) < 4.78 is 52.3. The van der Waals surface area contributed by atoms with Crippen LogP contribution in [0.4, 0.5) is 5.69 Å². The topological polar surface area (TPSA) is 101 Å². The van der Waals surface area contributed by atoms with E-state index in [1.54, 1.807) is 18.3 Å². The number of benzene rings is 1. The summed E-state index contributed by atoms with van der Waals surface area (Å²) in [7, 11) is -7.40. The van der Waals surface area contributed by atoms with Gasteiger partial charge in [0.1, 0.15) is 0 Å². The Bertz CT molecular complexity index is 1030. The lowest BCUT2D eigenvalue weighted by atomic mass is 10.2. The highest BCUT2D eigenvalue weighted by atomic mass is 32.2. The number of rotatable bonds is 6. The van der Waals surface area contributed by atoms with Gasteiger partial charge in [0.15, 0.2) is 0 Å². The number of amides is 1. The van der Waals surface area contributed by atoms with E-state index >= 15 is 0 Å². The molecule has 140 valence electrons. The summed E-state index contributed by atoms with van der Waals surface area (Å²) in [6.45, 7) is 1.84. The Balaban J connectivity index is 1.79. The maximum Gasteiger partial charge on any atom is 0.242 e. The van der Waals surface area contributed by atoms with Crippen molar-refractivity contribution in [2.24, 2.45) is 0 Å². The molecule has 0 radical (unpaired) electrons. The number of hydrogen-bond acceptors (Lipinski definition) is 6. The highest BCUT2D eigenvalue weighted by molar-refractivity contribution is 7.94. The lowest BCUT2D eigenvalue weighted by molar-refractivity contribution is -0.116. The minimum Gasteiger partial charge on any atom is -0.273 e. The second-order valence-electron chi connectivity index (χ2n) is 5.90. The maximum atomic E-state index is 12.5. The van der Waals surface area contributed by atoms with E-state index in [1.165, 1.54) is 18.2 Å². The largest absolute Gasteiger partial charge is 0.273 e. The van der Waals surface area contributed by atoms with Crippen molar-refractivity contribution < 1.29 is 21.6 Å². The molecule has 0 atom stereocenters. The van der Waals surface area contributed by atoms with Crippen molar-refractivity contribution in [1.82, 2.24) is 4.72 Å². The predicted octanol–water partition coefficient (Wildman–Crippen LogP) is 1.64. The molecule has 0 spiro atoms. The zero-order chi connectivity index (χ0) is 18.9. The Morgan fingerprint density at radius 1 is 1.27 bits per heavy atom. The van der Waals surface area contributed by atoms with Crippen molar-refractivity contribution in [2.45, 2.75) is 24.7 Å². The molecule has 1 N–H and O–H groups in total. The number of nitrogens with zero attached hydrogens (tertiary/aromatic N) is 1. The molecule has 7 nitrogen and oxygen atoms in total. The summed E-state index contributed by atoms with van der Waals surface area (Å²) in [5.74, 6) is -0.732. The van der Waals surface area contributed by atoms with E-state index in [2.05, 4.69) is 4.72 Å². The number of hydrogen-bond donors (Lipinski definition) is 1. The van der Waals surface area contributed by atoms with Gasteiger partial charge in [0.05, 0.1) is 16.3 Å². The van der Waals surface area contributed by atoms with Crippen LogP contribution in [0, 0.1) is 6.92 Å². The molecule has 0 unspecified atom stereocenters. The molecule has 0 aliphatic carbocycles. The maximum absolute atomic E-state index is 12.5. The Morgan fingerprint density at radius 3 is 2.62 bits per heavy atom. The fraction of sp³-hybridized carbons (Fsp3) is 0.312. The normalized spacial score (nSPS) is 17.0. The first-order chi connectivity index (χ1) is 12.2. The van der Waals surface area contributed by atoms with E-state index in [9.17, 15) is 21.6 Å². The van der Waals surface area contributed by atoms with Gasteiger partial charge in [-0.15, -0.1) is 11.3 Å². The molecule has 1 aromatic heterocycles. The average Bonchev–Trinajstić information content (AvgIpc) is 3.14. The van der Waals surface area contributed by atoms with Gasteiger partial charge in [0.25, 0.3) is 0 Å². The van der Waals surface area contributed by atoms with E-state index in [0.29, 0.717) is 12.0 Å². The van der Waals surface area contributed by atoms with Gasteiger partial charge < -0.3 is 0 Å². The van der Waals surface area contributed by atoms with Crippen LogP contribution >= 0.6 is 11.3 Å². The zero-order valence-electron chi connectivity index (χ0n) is 14.0. The van der Waals surface area contributed by atoms with Crippen molar-refractivity contribution in [2.75, 3.05) is 16.6 Å². The van der Waals surface area contributed by atoms with Crippen LogP contribution in [0.2, 0.25) is 0 Å². The lowest BCUT2D eigenvalue weighted by Gasteiger charge is -2.17. The van der Waals surface area contributed by atoms with Crippen molar-refractivity contribution in [3.05, 3.63) is 46.2 Å². The van der Waals surface area contributed by atoms with Gasteiger partial charge in [-0.25, -0.2) is 25.9 Å². The number of anilines is 1. The fourth-order valence-electron chi connectivity index (χ4n) is 2.77. The molecule has 1 saturated heterocycles. The van der Waals surface area contributed by atoms with Crippen LogP contribution in [0.25, 0.3) is 0 Å². The predicted molar refractivity (Wildman–Crippen MR) is 100 cm³/mol. The van der Waals surface area contributed by atoms with Crippen LogP contribution < -0.4 is 9.03 Å². The van der Waals surface area contributed by atoms with E-state index in [4.69, 9.17) is 0 Å². The second kappa shape index (κ2) is 7.10. The van der Waals surface area contributed by atoms with Gasteiger partial charge in [0, 0.05) is 17.8 Å². The monoisotopic (exact) mass is 414 g/mol. The molecule has 26 heavy (non-hydrogen) atoms. The smallest absolute Gasteiger partial charge is 0.242 e. The molecular formula is C16H18N2O5S3. The van der Waals surface area contributed by atoms with Gasteiger partial charge in [-0.2, -0.15) is 0 Å². The molecule has 1 fully saturated rings. The Morgan fingerprint density at radius 2 is 2.04 bits per heavy atom. The minimum absolute atomic E-state index is 0.0638. The fourth-order valence-corrected chi connectivity index (χ4v) is 6.19. The van der Waals surface area contributed by atoms with Crippen LogP contribution in [0.15, 0.2) is 40.6 Å². The number of sulfonamides is 2. The summed E-state index contributed by atoms with van der Waals surface area (Å²) in [5, 5.41) is 1.93. The summed E-state index contributed by atoms with van der Waals surface area (Å²) in [6.07, 6.45) is 0.528. The molecule has 2 aromatic rings. The van der Waals surface area contributed by atoms with Gasteiger partial charge in [-0.3, -0.25) is 4.79 Å². The highest BCUT2D eigenvalue weighted by Gasteiger charge is 2.36. The molecular weight excluding hydrogens is 396 g/mol. The van der Waals surface area contributed by atoms with E-state index in [-0.39, 0.29) is 29.3 Å². The van der Waals surface area contributed by atoms with Crippen molar-refractivity contribution >= 4 is 43.0 Å². The summed E-state index contributed by atoms with van der Waals surface area (Å²) in [5.41, 5.74) is 0.545. The molecule has 10 heteroatoms. The minimum atomic E-state index is -3.72. The number of nitrogens with one attached hydrogen (secondary N) is 1. The highest BCUT2D eigenvalue weighted by Crippen LogP contribution is 2.28. The third-order valence-corrected chi connectivity index (χ3v) is 8.25. The van der Waals surface area contributed by atoms with Gasteiger partial charge >= 0.3 is 0 Å². The van der Waals surface area contributed by atoms with Gasteiger partial charge in [0.2, 0.25) is 26.0 Å². The van der Waals surface area contributed by atoms with Crippen molar-refractivity contribution in [3.63, 3.8) is 0 Å². The van der Waals surface area contributed by atoms with E-state index < -0.39 is 26.0 Å². The van der Waals surface area contributed by atoms with E-state index in [0.717, 1.165) is 9.18 Å². The molecule has 1 aromatic carbocycles. The standard InChI is InChI=1S/C16H18N2O5S3/c1-12-11-13(18-16(19)7-10-25(18,20)21)4-5-15(12)26(22,23)17-8-6-14-3-2-9-24-14/h2-5,9,11,17H,6-8,10H2,1H3. The van der Waals surface area contributed by atoms with Crippen LogP contribution in [0.3, 0.4) is 0 Å². The number of aryl methyl sites for hydroxylation is 1. The summed E-state index contributed by atoms with van der Waals surface area (Å²) >= 11 is 1.56. The van der Waals surface area contributed by atoms with Gasteiger partial charge in [-0.1, -0.05) is 6.07 Å². The van der Waals surface area contributed by atoms with Crippen molar-refractivity contribution in [1.29, 1.82) is 0 Å².